The Morgan fingerprint density at radius 1 is 0.976 bits per heavy atom. The minimum atomic E-state index is -2.66. The Morgan fingerprint density at radius 2 is 1.61 bits per heavy atom. The van der Waals surface area contributed by atoms with Gasteiger partial charge in [-0.2, -0.15) is 0 Å². The maximum Gasteiger partial charge on any atom is 0.203 e. The average molecular weight is 559 g/mol. The van der Waals surface area contributed by atoms with Crippen molar-refractivity contribution in [1.82, 2.24) is 0 Å². The molecule has 7 nitrogen and oxygen atoms in total. The van der Waals surface area contributed by atoms with Crippen molar-refractivity contribution in [3.8, 4) is 5.75 Å². The van der Waals surface area contributed by atoms with Gasteiger partial charge in [0.2, 0.25) is 5.78 Å². The van der Waals surface area contributed by atoms with E-state index in [2.05, 4.69) is 0 Å². The van der Waals surface area contributed by atoms with Gasteiger partial charge < -0.3 is 20.4 Å². The lowest BCUT2D eigenvalue weighted by molar-refractivity contribution is -0.199. The van der Waals surface area contributed by atoms with Crippen LogP contribution in [-0.2, 0) is 20.8 Å². The number of ketones is 3. The van der Waals surface area contributed by atoms with Crippen LogP contribution in [0.3, 0.4) is 0 Å². The fourth-order valence-corrected chi connectivity index (χ4v) is 8.65. The molecule has 6 atom stereocenters. The van der Waals surface area contributed by atoms with Gasteiger partial charge in [0.15, 0.2) is 17.2 Å². The second-order valence-electron chi connectivity index (χ2n) is 12.7. The molecule has 41 heavy (non-hydrogen) atoms. The first-order valence-corrected chi connectivity index (χ1v) is 14.2. The van der Waals surface area contributed by atoms with Crippen LogP contribution in [0.25, 0.3) is 5.76 Å². The van der Waals surface area contributed by atoms with Crippen molar-refractivity contribution < 1.29 is 34.8 Å². The molecule has 0 saturated heterocycles. The molecular formula is C34H38O7. The Kier molecular flexibility index (Phi) is 6.61. The van der Waals surface area contributed by atoms with Gasteiger partial charge in [-0.25, -0.2) is 0 Å². The molecule has 3 aliphatic rings. The van der Waals surface area contributed by atoms with E-state index in [0.29, 0.717) is 18.4 Å². The highest BCUT2D eigenvalue weighted by Crippen LogP contribution is 2.71. The standard InChI is InChI=1S/C34H38O7/c1-17(2)26-28(37)24(19(4)35)30(39)34(41)31(40)27-29(38)25-21(13-10-14-22(25)36)18(3)32(27,5)23(33(26,34)6)16-15-20-11-8-7-9-12-20/h7-14,17-18,23,26,36,38-39,41H,15-16H2,1-6H3/t18-,23-,26?,32-,33-,34+/m1/s1. The molecule has 2 aromatic rings. The van der Waals surface area contributed by atoms with Gasteiger partial charge in [-0.15, -0.1) is 0 Å². The summed E-state index contributed by atoms with van der Waals surface area (Å²) in [4.78, 5) is 41.5. The molecular weight excluding hydrogens is 520 g/mol. The number of phenolic OH excluding ortho intramolecular Hbond substituents is 1. The summed E-state index contributed by atoms with van der Waals surface area (Å²) in [5, 5.41) is 46.7. The van der Waals surface area contributed by atoms with Crippen molar-refractivity contribution in [2.45, 2.75) is 65.9 Å². The van der Waals surface area contributed by atoms with Crippen LogP contribution in [0.5, 0.6) is 5.75 Å². The fourth-order valence-electron chi connectivity index (χ4n) is 8.65. The first kappa shape index (κ1) is 28.8. The van der Waals surface area contributed by atoms with E-state index in [4.69, 9.17) is 0 Å². The quantitative estimate of drug-likeness (QED) is 0.351. The zero-order valence-electron chi connectivity index (χ0n) is 24.4. The van der Waals surface area contributed by atoms with Gasteiger partial charge in [0.05, 0.1) is 5.56 Å². The molecule has 4 N–H and O–H groups in total. The van der Waals surface area contributed by atoms with E-state index in [9.17, 15) is 34.8 Å². The number of Topliss-reactive ketones (excluding diaryl/α,β-unsaturated/α-hetero) is 3. The van der Waals surface area contributed by atoms with Crippen molar-refractivity contribution in [3.05, 3.63) is 82.1 Å². The van der Waals surface area contributed by atoms with Crippen LogP contribution < -0.4 is 0 Å². The van der Waals surface area contributed by atoms with Crippen molar-refractivity contribution in [2.75, 3.05) is 0 Å². The summed E-state index contributed by atoms with van der Waals surface area (Å²) in [5.74, 6) is -6.34. The molecule has 7 heteroatoms. The Morgan fingerprint density at radius 3 is 2.20 bits per heavy atom. The average Bonchev–Trinajstić information content (AvgIpc) is 2.90. The number of phenols is 1. The van der Waals surface area contributed by atoms with Crippen LogP contribution >= 0.6 is 0 Å². The third kappa shape index (κ3) is 3.51. The van der Waals surface area contributed by atoms with E-state index in [1.807, 2.05) is 58.0 Å². The van der Waals surface area contributed by atoms with E-state index >= 15 is 0 Å². The molecule has 0 radical (unpaired) electrons. The molecule has 1 fully saturated rings. The minimum Gasteiger partial charge on any atom is -0.508 e. The Balaban J connectivity index is 1.90. The first-order chi connectivity index (χ1) is 19.2. The summed E-state index contributed by atoms with van der Waals surface area (Å²) in [6, 6.07) is 14.6. The summed E-state index contributed by atoms with van der Waals surface area (Å²) < 4.78 is 0. The minimum absolute atomic E-state index is 0.108. The molecule has 5 rings (SSSR count). The third-order valence-electron chi connectivity index (χ3n) is 10.6. The molecule has 0 amide bonds. The number of aryl methyl sites for hydroxylation is 1. The number of hydrogen-bond acceptors (Lipinski definition) is 7. The monoisotopic (exact) mass is 558 g/mol. The number of carbonyl (C=O) groups excluding carboxylic acids is 3. The highest BCUT2D eigenvalue weighted by molar-refractivity contribution is 6.24. The number of allylic oxidation sites excluding steroid dienone is 1. The first-order valence-electron chi connectivity index (χ1n) is 14.2. The number of aliphatic hydroxyl groups excluding tert-OH is 2. The predicted molar refractivity (Wildman–Crippen MR) is 154 cm³/mol. The summed E-state index contributed by atoms with van der Waals surface area (Å²) in [7, 11) is 0. The SMILES string of the molecule is CC(=O)C1=C(O)[C@]2(O)C(=O)C3=C(O)c4c(O)cccc4[C@@H](C)[C@]3(C)[C@@H](CCc3ccccc3)[C@]2(C)C(C(C)C)C1=O. The zero-order chi connectivity index (χ0) is 30.2. The van der Waals surface area contributed by atoms with E-state index in [-0.39, 0.29) is 16.9 Å². The Hall–Kier alpha value is -3.71. The number of aliphatic hydroxyl groups is 3. The maximum absolute atomic E-state index is 14.7. The number of fused-ring (bicyclic) bond motifs is 3. The van der Waals surface area contributed by atoms with Gasteiger partial charge in [0, 0.05) is 22.3 Å². The number of rotatable bonds is 5. The Bertz CT molecular complexity index is 1530. The van der Waals surface area contributed by atoms with Crippen molar-refractivity contribution >= 4 is 23.1 Å². The van der Waals surface area contributed by atoms with E-state index in [0.717, 1.165) is 12.5 Å². The van der Waals surface area contributed by atoms with Gasteiger partial charge in [-0.3, -0.25) is 14.4 Å². The summed E-state index contributed by atoms with van der Waals surface area (Å²) in [6.45, 7) is 10.2. The van der Waals surface area contributed by atoms with Crippen LogP contribution in [-0.4, -0.2) is 43.4 Å². The van der Waals surface area contributed by atoms with Gasteiger partial charge in [-0.1, -0.05) is 77.1 Å². The third-order valence-corrected chi connectivity index (χ3v) is 10.6. The number of aromatic hydroxyl groups is 1. The topological polar surface area (TPSA) is 132 Å². The zero-order valence-corrected chi connectivity index (χ0v) is 24.4. The van der Waals surface area contributed by atoms with Crippen molar-refractivity contribution in [2.24, 2.45) is 28.6 Å². The highest BCUT2D eigenvalue weighted by atomic mass is 16.3. The molecule has 0 aliphatic heterocycles. The number of benzene rings is 2. The van der Waals surface area contributed by atoms with Gasteiger partial charge >= 0.3 is 0 Å². The summed E-state index contributed by atoms with van der Waals surface area (Å²) >= 11 is 0. The van der Waals surface area contributed by atoms with Gasteiger partial charge in [0.25, 0.3) is 0 Å². The summed E-state index contributed by atoms with van der Waals surface area (Å²) in [6.07, 6.45) is 0.943. The van der Waals surface area contributed by atoms with Crippen molar-refractivity contribution in [3.63, 3.8) is 0 Å². The van der Waals surface area contributed by atoms with Crippen LogP contribution in [0, 0.1) is 28.6 Å². The fraction of sp³-hybridized carbons (Fsp3) is 0.441. The largest absolute Gasteiger partial charge is 0.508 e. The lowest BCUT2D eigenvalue weighted by Gasteiger charge is -2.65. The van der Waals surface area contributed by atoms with E-state index < -0.39 is 74.5 Å². The predicted octanol–water partition coefficient (Wildman–Crippen LogP) is 5.61. The summed E-state index contributed by atoms with van der Waals surface area (Å²) in [5.41, 5.74) is -4.23. The van der Waals surface area contributed by atoms with Gasteiger partial charge in [0.1, 0.15) is 22.8 Å². The van der Waals surface area contributed by atoms with E-state index in [1.54, 1.807) is 19.1 Å². The molecule has 0 aromatic heterocycles. The maximum atomic E-state index is 14.7. The molecule has 0 heterocycles. The molecule has 3 aliphatic carbocycles. The lowest BCUT2D eigenvalue weighted by atomic mass is 9.37. The second-order valence-corrected chi connectivity index (χ2v) is 12.7. The van der Waals surface area contributed by atoms with Crippen LogP contribution in [0.4, 0.5) is 0 Å². The molecule has 2 aromatic carbocycles. The van der Waals surface area contributed by atoms with Crippen LogP contribution in [0.15, 0.2) is 65.4 Å². The van der Waals surface area contributed by atoms with Gasteiger partial charge in [-0.05, 0) is 54.7 Å². The molecule has 0 spiro atoms. The molecule has 1 unspecified atom stereocenters. The number of hydrogen-bond donors (Lipinski definition) is 4. The lowest BCUT2D eigenvalue weighted by Crippen LogP contribution is -2.73. The molecule has 1 saturated carbocycles. The van der Waals surface area contributed by atoms with Crippen molar-refractivity contribution in [1.29, 1.82) is 0 Å². The molecule has 0 bridgehead atoms. The highest BCUT2D eigenvalue weighted by Gasteiger charge is 2.76. The number of carbonyl (C=O) groups is 3. The van der Waals surface area contributed by atoms with Crippen LogP contribution in [0.1, 0.15) is 70.6 Å². The second kappa shape index (κ2) is 9.41. The normalized spacial score (nSPS) is 33.0. The Labute approximate surface area is 240 Å². The molecule has 216 valence electrons. The van der Waals surface area contributed by atoms with E-state index in [1.165, 1.54) is 6.07 Å². The van der Waals surface area contributed by atoms with Crippen LogP contribution in [0.2, 0.25) is 0 Å². The smallest absolute Gasteiger partial charge is 0.203 e.